The van der Waals surface area contributed by atoms with Crippen LogP contribution in [0.3, 0.4) is 0 Å². The Hall–Kier alpha value is -0.230. The van der Waals surface area contributed by atoms with Gasteiger partial charge in [0, 0.05) is 13.1 Å². The van der Waals surface area contributed by atoms with Gasteiger partial charge in [0.25, 0.3) is 0 Å². The molecule has 4 nitrogen and oxygen atoms in total. The van der Waals surface area contributed by atoms with Gasteiger partial charge in [0.15, 0.2) is 0 Å². The van der Waals surface area contributed by atoms with Crippen LogP contribution in [0, 0.1) is 0 Å². The van der Waals surface area contributed by atoms with Crippen LogP contribution in [0.15, 0.2) is 4.90 Å². The van der Waals surface area contributed by atoms with Gasteiger partial charge in [0.2, 0.25) is 5.95 Å². The number of hydrogen-bond acceptors (Lipinski definition) is 5. The van der Waals surface area contributed by atoms with Gasteiger partial charge in [-0.15, -0.1) is 11.8 Å². The number of ether oxygens (including phenoxy) is 1. The van der Waals surface area contributed by atoms with E-state index in [1.807, 2.05) is 11.2 Å². The van der Waals surface area contributed by atoms with Gasteiger partial charge in [0.1, 0.15) is 10.3 Å². The van der Waals surface area contributed by atoms with E-state index >= 15 is 0 Å². The molecule has 7 heteroatoms. The van der Waals surface area contributed by atoms with E-state index in [1.54, 1.807) is 0 Å². The first-order valence-electron chi connectivity index (χ1n) is 4.82. The highest BCUT2D eigenvalue weighted by molar-refractivity contribution is 7.98. The van der Waals surface area contributed by atoms with Crippen LogP contribution in [0.5, 0.6) is 0 Å². The van der Waals surface area contributed by atoms with Gasteiger partial charge in [-0.25, -0.2) is 0 Å². The normalized spacial score (nSPS) is 16.6. The van der Waals surface area contributed by atoms with Crippen molar-refractivity contribution < 1.29 is 4.74 Å². The molecule has 1 fully saturated rings. The highest BCUT2D eigenvalue weighted by atomic mass is 35.5. The van der Waals surface area contributed by atoms with E-state index in [4.69, 9.17) is 27.9 Å². The molecule has 1 aromatic rings. The van der Waals surface area contributed by atoms with Crippen molar-refractivity contribution in [3.05, 3.63) is 10.3 Å². The van der Waals surface area contributed by atoms with Crippen LogP contribution in [0.4, 0.5) is 5.95 Å². The summed E-state index contributed by atoms with van der Waals surface area (Å²) in [5.41, 5.74) is 0. The summed E-state index contributed by atoms with van der Waals surface area (Å²) in [6.07, 6.45) is 1.89. The third-order valence-electron chi connectivity index (χ3n) is 2.27. The third-order valence-corrected chi connectivity index (χ3v) is 3.84. The molecule has 1 saturated heterocycles. The molecule has 16 heavy (non-hydrogen) atoms. The van der Waals surface area contributed by atoms with Crippen molar-refractivity contribution in [2.75, 3.05) is 37.5 Å². The van der Waals surface area contributed by atoms with E-state index in [-0.39, 0.29) is 0 Å². The van der Waals surface area contributed by atoms with Crippen LogP contribution < -0.4 is 4.90 Å². The number of aromatic nitrogens is 2. The Bertz CT molecular complexity index is 362. The summed E-state index contributed by atoms with van der Waals surface area (Å²) in [5.74, 6) is 0.580. The molecule has 2 rings (SSSR count). The van der Waals surface area contributed by atoms with Crippen molar-refractivity contribution in [3.8, 4) is 0 Å². The molecule has 0 N–H and O–H groups in total. The van der Waals surface area contributed by atoms with E-state index < -0.39 is 0 Å². The molecule has 1 aliphatic heterocycles. The number of anilines is 1. The lowest BCUT2D eigenvalue weighted by atomic mass is 10.4. The van der Waals surface area contributed by atoms with E-state index in [1.165, 1.54) is 11.8 Å². The smallest absolute Gasteiger partial charge is 0.228 e. The molecule has 1 aliphatic rings. The van der Waals surface area contributed by atoms with Gasteiger partial charge in [-0.2, -0.15) is 9.97 Å². The maximum Gasteiger partial charge on any atom is 0.228 e. The number of hydrogen-bond donors (Lipinski definition) is 0. The van der Waals surface area contributed by atoms with E-state index in [2.05, 4.69) is 9.97 Å². The van der Waals surface area contributed by atoms with Crippen molar-refractivity contribution in [1.29, 1.82) is 0 Å². The summed E-state index contributed by atoms with van der Waals surface area (Å²) >= 11 is 13.5. The molecule has 0 atom stereocenters. The summed E-state index contributed by atoms with van der Waals surface area (Å²) in [4.78, 5) is 11.2. The fourth-order valence-corrected chi connectivity index (χ4v) is 2.73. The lowest BCUT2D eigenvalue weighted by Crippen LogP contribution is -2.37. The second kappa shape index (κ2) is 5.40. The Morgan fingerprint density at radius 3 is 2.25 bits per heavy atom. The SMILES string of the molecule is CSc1c(Cl)nc(N2CCOCC2)nc1Cl. The van der Waals surface area contributed by atoms with E-state index in [0.29, 0.717) is 29.5 Å². The largest absolute Gasteiger partial charge is 0.378 e. The van der Waals surface area contributed by atoms with E-state index in [9.17, 15) is 0 Å². The Balaban J connectivity index is 2.28. The van der Waals surface area contributed by atoms with Crippen molar-refractivity contribution in [1.82, 2.24) is 9.97 Å². The van der Waals surface area contributed by atoms with Crippen LogP contribution in [0.2, 0.25) is 10.3 Å². The standard InChI is InChI=1S/C9H11Cl2N3OS/c1-16-6-7(10)12-9(13-8(6)11)14-2-4-15-5-3-14/h2-5H2,1H3. The zero-order chi connectivity index (χ0) is 11.5. The van der Waals surface area contributed by atoms with Crippen LogP contribution in [-0.2, 0) is 4.74 Å². The van der Waals surface area contributed by atoms with Crippen molar-refractivity contribution >= 4 is 40.9 Å². The van der Waals surface area contributed by atoms with Crippen LogP contribution in [0.1, 0.15) is 0 Å². The monoisotopic (exact) mass is 279 g/mol. The number of halogens is 2. The molecule has 0 spiro atoms. The van der Waals surface area contributed by atoms with Gasteiger partial charge in [-0.05, 0) is 6.26 Å². The second-order valence-electron chi connectivity index (χ2n) is 3.24. The van der Waals surface area contributed by atoms with Gasteiger partial charge < -0.3 is 9.64 Å². The lowest BCUT2D eigenvalue weighted by Gasteiger charge is -2.27. The van der Waals surface area contributed by atoms with Crippen molar-refractivity contribution in [2.45, 2.75) is 4.90 Å². The minimum atomic E-state index is 0.411. The molecule has 2 heterocycles. The molecule has 0 aliphatic carbocycles. The Kier molecular flexibility index (Phi) is 4.13. The molecule has 0 radical (unpaired) electrons. The predicted octanol–water partition coefficient (Wildman–Crippen LogP) is 2.34. The molecule has 88 valence electrons. The first-order chi connectivity index (χ1) is 7.72. The number of morpholine rings is 1. The molecule has 1 aromatic heterocycles. The topological polar surface area (TPSA) is 38.2 Å². The fraction of sp³-hybridized carbons (Fsp3) is 0.556. The highest BCUT2D eigenvalue weighted by Gasteiger charge is 2.17. The zero-order valence-electron chi connectivity index (χ0n) is 8.74. The first kappa shape index (κ1) is 12.2. The van der Waals surface area contributed by atoms with Gasteiger partial charge in [0.05, 0.1) is 18.1 Å². The Labute approximate surface area is 108 Å². The van der Waals surface area contributed by atoms with Gasteiger partial charge >= 0.3 is 0 Å². The molecule has 0 aromatic carbocycles. The first-order valence-corrected chi connectivity index (χ1v) is 6.80. The van der Waals surface area contributed by atoms with Crippen LogP contribution in [0.25, 0.3) is 0 Å². The van der Waals surface area contributed by atoms with Crippen molar-refractivity contribution in [3.63, 3.8) is 0 Å². The maximum atomic E-state index is 6.04. The summed E-state index contributed by atoms with van der Waals surface area (Å²) in [5, 5.41) is 0.822. The average Bonchev–Trinajstić information content (AvgIpc) is 2.30. The van der Waals surface area contributed by atoms with Gasteiger partial charge in [-0.3, -0.25) is 0 Å². The highest BCUT2D eigenvalue weighted by Crippen LogP contribution is 2.31. The minimum Gasteiger partial charge on any atom is -0.378 e. The Morgan fingerprint density at radius 1 is 1.19 bits per heavy atom. The lowest BCUT2D eigenvalue weighted by molar-refractivity contribution is 0.122. The second-order valence-corrected chi connectivity index (χ2v) is 4.77. The molecule has 0 bridgehead atoms. The zero-order valence-corrected chi connectivity index (χ0v) is 11.1. The van der Waals surface area contributed by atoms with E-state index in [0.717, 1.165) is 18.0 Å². The summed E-state index contributed by atoms with van der Waals surface area (Å²) in [6, 6.07) is 0. The fourth-order valence-electron chi connectivity index (χ4n) is 1.46. The molecular weight excluding hydrogens is 269 g/mol. The average molecular weight is 280 g/mol. The predicted molar refractivity (Wildman–Crippen MR) is 66.9 cm³/mol. The summed E-state index contributed by atoms with van der Waals surface area (Å²) in [7, 11) is 0. The van der Waals surface area contributed by atoms with Gasteiger partial charge in [-0.1, -0.05) is 23.2 Å². The Morgan fingerprint density at radius 2 is 1.75 bits per heavy atom. The number of nitrogens with zero attached hydrogens (tertiary/aromatic N) is 3. The third kappa shape index (κ3) is 2.53. The summed E-state index contributed by atoms with van der Waals surface area (Å²) in [6.45, 7) is 2.91. The molecule has 0 saturated carbocycles. The van der Waals surface area contributed by atoms with Crippen LogP contribution >= 0.6 is 35.0 Å². The number of thioether (sulfide) groups is 1. The minimum absolute atomic E-state index is 0.411. The summed E-state index contributed by atoms with van der Waals surface area (Å²) < 4.78 is 5.26. The maximum absolute atomic E-state index is 6.04. The quantitative estimate of drug-likeness (QED) is 0.614. The number of rotatable bonds is 2. The molecule has 0 amide bonds. The van der Waals surface area contributed by atoms with Crippen molar-refractivity contribution in [2.24, 2.45) is 0 Å². The molecular formula is C9H11Cl2N3OS. The van der Waals surface area contributed by atoms with Crippen LogP contribution in [-0.4, -0.2) is 42.5 Å². The molecule has 0 unspecified atom stereocenters.